The first kappa shape index (κ1) is 9.38. The Kier molecular flexibility index (Phi) is 2.62. The predicted molar refractivity (Wildman–Crippen MR) is 55.8 cm³/mol. The van der Waals surface area contributed by atoms with Gasteiger partial charge in [-0.25, -0.2) is 0 Å². The van der Waals surface area contributed by atoms with E-state index in [0.717, 1.165) is 37.0 Å². The summed E-state index contributed by atoms with van der Waals surface area (Å²) in [7, 11) is 0. The molecular weight excluding hydrogens is 176 g/mol. The zero-order chi connectivity index (χ0) is 9.97. The molecule has 1 heterocycles. The van der Waals surface area contributed by atoms with E-state index in [9.17, 15) is 5.11 Å². The van der Waals surface area contributed by atoms with E-state index in [4.69, 9.17) is 4.74 Å². The van der Waals surface area contributed by atoms with Gasteiger partial charge in [0.05, 0.1) is 6.10 Å². The van der Waals surface area contributed by atoms with Crippen molar-refractivity contribution in [3.05, 3.63) is 23.8 Å². The van der Waals surface area contributed by atoms with E-state index in [0.29, 0.717) is 11.9 Å². The Morgan fingerprint density at radius 1 is 1.50 bits per heavy atom. The highest BCUT2D eigenvalue weighted by Crippen LogP contribution is 2.31. The average Bonchev–Trinajstić information content (AvgIpc) is 2.19. The van der Waals surface area contributed by atoms with Gasteiger partial charge in [-0.2, -0.15) is 0 Å². The molecule has 0 saturated heterocycles. The molecule has 0 aromatic heterocycles. The highest BCUT2D eigenvalue weighted by atomic mass is 16.5. The predicted octanol–water partition coefficient (Wildman–Crippen LogP) is 2.89. The summed E-state index contributed by atoms with van der Waals surface area (Å²) in [5, 5.41) is 9.30. The summed E-state index contributed by atoms with van der Waals surface area (Å²) in [5.41, 5.74) is 1.14. The summed E-state index contributed by atoms with van der Waals surface area (Å²) in [6.07, 6.45) is 4.76. The molecule has 0 spiro atoms. The lowest BCUT2D eigenvalue weighted by Crippen LogP contribution is -2.22. The van der Waals surface area contributed by atoms with Crippen LogP contribution in [0.25, 0.3) is 0 Å². The van der Waals surface area contributed by atoms with Crippen LogP contribution in [-0.4, -0.2) is 11.2 Å². The Labute approximate surface area is 84.5 Å². The minimum atomic E-state index is 0.335. The molecule has 0 saturated carbocycles. The summed E-state index contributed by atoms with van der Waals surface area (Å²) in [6, 6.07) is 5.36. The third-order valence-corrected chi connectivity index (χ3v) is 2.68. The van der Waals surface area contributed by atoms with Gasteiger partial charge >= 0.3 is 0 Å². The summed E-state index contributed by atoms with van der Waals surface area (Å²) in [5.74, 6) is 1.29. The van der Waals surface area contributed by atoms with Crippen LogP contribution in [-0.2, 0) is 6.42 Å². The average molecular weight is 192 g/mol. The Balaban J connectivity index is 2.15. The van der Waals surface area contributed by atoms with Gasteiger partial charge in [-0.3, -0.25) is 0 Å². The van der Waals surface area contributed by atoms with Crippen molar-refractivity contribution in [1.29, 1.82) is 0 Å². The first-order valence-corrected chi connectivity index (χ1v) is 5.28. The lowest BCUT2D eigenvalue weighted by Gasteiger charge is -2.25. The van der Waals surface area contributed by atoms with Gasteiger partial charge < -0.3 is 9.84 Å². The molecular formula is C12H16O2. The first-order valence-electron chi connectivity index (χ1n) is 5.28. The Hall–Kier alpha value is -1.18. The van der Waals surface area contributed by atoms with Gasteiger partial charge in [0.2, 0.25) is 0 Å². The fourth-order valence-corrected chi connectivity index (χ4v) is 1.96. The molecule has 2 nitrogen and oxygen atoms in total. The topological polar surface area (TPSA) is 29.5 Å². The van der Waals surface area contributed by atoms with E-state index in [-0.39, 0.29) is 0 Å². The molecule has 1 atom stereocenters. The van der Waals surface area contributed by atoms with Crippen molar-refractivity contribution in [2.24, 2.45) is 0 Å². The highest BCUT2D eigenvalue weighted by Gasteiger charge is 2.18. The third kappa shape index (κ3) is 1.84. The number of aromatic hydroxyl groups is 1. The van der Waals surface area contributed by atoms with E-state index >= 15 is 0 Å². The van der Waals surface area contributed by atoms with Crippen LogP contribution in [0.5, 0.6) is 11.5 Å². The van der Waals surface area contributed by atoms with Gasteiger partial charge in [0, 0.05) is 0 Å². The maximum Gasteiger partial charge on any atom is 0.123 e. The molecule has 0 radical (unpaired) electrons. The normalized spacial score (nSPS) is 19.9. The Morgan fingerprint density at radius 3 is 3.14 bits per heavy atom. The molecule has 0 fully saturated rings. The molecule has 1 aromatic rings. The molecule has 1 N–H and O–H groups in total. The van der Waals surface area contributed by atoms with Crippen LogP contribution in [0.3, 0.4) is 0 Å². The van der Waals surface area contributed by atoms with Crippen LogP contribution in [0.1, 0.15) is 31.7 Å². The molecule has 14 heavy (non-hydrogen) atoms. The van der Waals surface area contributed by atoms with Crippen molar-refractivity contribution < 1.29 is 9.84 Å². The minimum absolute atomic E-state index is 0.335. The molecule has 0 amide bonds. The number of hydrogen-bond acceptors (Lipinski definition) is 2. The quantitative estimate of drug-likeness (QED) is 0.780. The van der Waals surface area contributed by atoms with Gasteiger partial charge in [-0.15, -0.1) is 0 Å². The number of aryl methyl sites for hydroxylation is 1. The Bertz CT molecular complexity index is 320. The fraction of sp³-hybridized carbons (Fsp3) is 0.500. The van der Waals surface area contributed by atoms with Crippen molar-refractivity contribution in [3.8, 4) is 11.5 Å². The number of phenolic OH excluding ortho intramolecular Hbond substituents is 1. The number of hydrogen-bond donors (Lipinski definition) is 1. The second kappa shape index (κ2) is 3.91. The maximum absolute atomic E-state index is 9.30. The van der Waals surface area contributed by atoms with Crippen LogP contribution >= 0.6 is 0 Å². The number of rotatable bonds is 2. The van der Waals surface area contributed by atoms with E-state index < -0.39 is 0 Å². The van der Waals surface area contributed by atoms with Gasteiger partial charge in [0.25, 0.3) is 0 Å². The summed E-state index contributed by atoms with van der Waals surface area (Å²) in [4.78, 5) is 0. The lowest BCUT2D eigenvalue weighted by atomic mass is 9.99. The standard InChI is InChI=1S/C12H16O2/c1-2-3-11-6-4-9-8-10(13)5-7-12(9)14-11/h5,7-8,11,13H,2-4,6H2,1H3. The van der Waals surface area contributed by atoms with Gasteiger partial charge in [-0.1, -0.05) is 13.3 Å². The third-order valence-electron chi connectivity index (χ3n) is 2.68. The summed E-state index contributed by atoms with van der Waals surface area (Å²) in [6.45, 7) is 2.18. The molecule has 2 heteroatoms. The van der Waals surface area contributed by atoms with Gasteiger partial charge in [-0.05, 0) is 43.0 Å². The van der Waals surface area contributed by atoms with E-state index in [1.165, 1.54) is 0 Å². The van der Waals surface area contributed by atoms with Crippen molar-refractivity contribution in [2.45, 2.75) is 38.7 Å². The molecule has 1 unspecified atom stereocenters. The molecule has 1 aliphatic heterocycles. The van der Waals surface area contributed by atoms with E-state index in [2.05, 4.69) is 6.92 Å². The second-order valence-corrected chi connectivity index (χ2v) is 3.86. The molecule has 2 rings (SSSR count). The van der Waals surface area contributed by atoms with E-state index in [1.807, 2.05) is 6.07 Å². The number of fused-ring (bicyclic) bond motifs is 1. The van der Waals surface area contributed by atoms with Gasteiger partial charge in [0.15, 0.2) is 0 Å². The SMILES string of the molecule is CCCC1CCc2cc(O)ccc2O1. The second-order valence-electron chi connectivity index (χ2n) is 3.86. The van der Waals surface area contributed by atoms with Crippen LogP contribution in [0.2, 0.25) is 0 Å². The number of ether oxygens (including phenoxy) is 1. The van der Waals surface area contributed by atoms with Crippen molar-refractivity contribution in [2.75, 3.05) is 0 Å². The lowest BCUT2D eigenvalue weighted by molar-refractivity contribution is 0.163. The van der Waals surface area contributed by atoms with Crippen molar-refractivity contribution in [3.63, 3.8) is 0 Å². The smallest absolute Gasteiger partial charge is 0.123 e. The Morgan fingerprint density at radius 2 is 2.36 bits per heavy atom. The van der Waals surface area contributed by atoms with Crippen LogP contribution < -0.4 is 4.74 Å². The molecule has 1 aromatic carbocycles. The highest BCUT2D eigenvalue weighted by molar-refractivity contribution is 5.40. The zero-order valence-electron chi connectivity index (χ0n) is 8.49. The monoisotopic (exact) mass is 192 g/mol. The molecule has 1 aliphatic rings. The van der Waals surface area contributed by atoms with Crippen molar-refractivity contribution >= 4 is 0 Å². The largest absolute Gasteiger partial charge is 0.508 e. The summed E-state index contributed by atoms with van der Waals surface area (Å²) >= 11 is 0. The molecule has 0 bridgehead atoms. The van der Waals surface area contributed by atoms with Crippen LogP contribution in [0.4, 0.5) is 0 Å². The van der Waals surface area contributed by atoms with Crippen LogP contribution in [0, 0.1) is 0 Å². The summed E-state index contributed by atoms with van der Waals surface area (Å²) < 4.78 is 5.82. The number of phenols is 1. The molecule has 76 valence electrons. The van der Waals surface area contributed by atoms with E-state index in [1.54, 1.807) is 12.1 Å². The zero-order valence-corrected chi connectivity index (χ0v) is 8.49. The molecule has 0 aliphatic carbocycles. The maximum atomic E-state index is 9.30. The fourth-order valence-electron chi connectivity index (χ4n) is 1.96. The first-order chi connectivity index (χ1) is 6.79. The van der Waals surface area contributed by atoms with Crippen molar-refractivity contribution in [1.82, 2.24) is 0 Å². The van der Waals surface area contributed by atoms with Gasteiger partial charge in [0.1, 0.15) is 11.5 Å². The minimum Gasteiger partial charge on any atom is -0.508 e. The number of benzene rings is 1. The van der Waals surface area contributed by atoms with Crippen LogP contribution in [0.15, 0.2) is 18.2 Å².